The first-order valence-corrected chi connectivity index (χ1v) is 8.69. The second kappa shape index (κ2) is 6.85. The quantitative estimate of drug-likeness (QED) is 0.907. The van der Waals surface area contributed by atoms with Crippen molar-refractivity contribution < 1.29 is 0 Å². The summed E-state index contributed by atoms with van der Waals surface area (Å²) in [5.41, 5.74) is 1.42. The van der Waals surface area contributed by atoms with Crippen molar-refractivity contribution in [1.29, 1.82) is 0 Å². The largest absolute Gasteiger partial charge is 0.311 e. The number of nitrogens with one attached hydrogen (secondary N) is 1. The summed E-state index contributed by atoms with van der Waals surface area (Å²) in [4.78, 5) is 4.00. The van der Waals surface area contributed by atoms with Gasteiger partial charge in [0.25, 0.3) is 0 Å². The first-order chi connectivity index (χ1) is 9.79. The van der Waals surface area contributed by atoms with Gasteiger partial charge in [0, 0.05) is 47.0 Å². The lowest BCUT2D eigenvalue weighted by Gasteiger charge is -2.33. The number of halogens is 1. The van der Waals surface area contributed by atoms with Crippen molar-refractivity contribution in [3.05, 3.63) is 56.7 Å². The van der Waals surface area contributed by atoms with E-state index in [1.165, 1.54) is 14.9 Å². The zero-order chi connectivity index (χ0) is 13.8. The van der Waals surface area contributed by atoms with Gasteiger partial charge in [0.1, 0.15) is 0 Å². The van der Waals surface area contributed by atoms with Crippen molar-refractivity contribution >= 4 is 27.3 Å². The number of nitrogens with zero attached hydrogens (tertiary/aromatic N) is 1. The third-order valence-corrected chi connectivity index (χ3v) is 5.35. The summed E-state index contributed by atoms with van der Waals surface area (Å²) in [5.74, 6) is 0. The van der Waals surface area contributed by atoms with Gasteiger partial charge in [-0.2, -0.15) is 0 Å². The summed E-state index contributed by atoms with van der Waals surface area (Å²) >= 11 is 5.37. The summed E-state index contributed by atoms with van der Waals surface area (Å²) in [5, 5.41) is 5.81. The number of piperazine rings is 1. The van der Waals surface area contributed by atoms with Gasteiger partial charge < -0.3 is 5.32 Å². The molecule has 3 rings (SSSR count). The molecule has 20 heavy (non-hydrogen) atoms. The molecule has 1 aliphatic heterocycles. The van der Waals surface area contributed by atoms with E-state index >= 15 is 0 Å². The van der Waals surface area contributed by atoms with Crippen molar-refractivity contribution in [3.63, 3.8) is 0 Å². The molecule has 2 nitrogen and oxygen atoms in total. The van der Waals surface area contributed by atoms with Crippen LogP contribution in [-0.4, -0.2) is 30.6 Å². The normalized spacial score (nSPS) is 20.1. The number of thiophene rings is 1. The van der Waals surface area contributed by atoms with Gasteiger partial charge in [-0.15, -0.1) is 11.3 Å². The van der Waals surface area contributed by atoms with E-state index in [1.54, 1.807) is 0 Å². The van der Waals surface area contributed by atoms with Crippen molar-refractivity contribution in [2.75, 3.05) is 19.6 Å². The van der Waals surface area contributed by atoms with E-state index < -0.39 is 0 Å². The minimum Gasteiger partial charge on any atom is -0.311 e. The average Bonchev–Trinajstić information content (AvgIpc) is 2.86. The van der Waals surface area contributed by atoms with E-state index in [9.17, 15) is 0 Å². The smallest absolute Gasteiger partial charge is 0.0329 e. The van der Waals surface area contributed by atoms with Crippen LogP contribution in [0.5, 0.6) is 0 Å². The summed E-state index contributed by atoms with van der Waals surface area (Å²) in [6.45, 7) is 4.43. The summed E-state index contributed by atoms with van der Waals surface area (Å²) in [7, 11) is 0. The highest BCUT2D eigenvalue weighted by molar-refractivity contribution is 9.10. The Morgan fingerprint density at radius 2 is 2.15 bits per heavy atom. The van der Waals surface area contributed by atoms with Gasteiger partial charge in [-0.25, -0.2) is 0 Å². The lowest BCUT2D eigenvalue weighted by Crippen LogP contribution is -2.51. The molecule has 1 N–H and O–H groups in total. The third kappa shape index (κ3) is 3.92. The first-order valence-electron chi connectivity index (χ1n) is 7.02. The number of hydrogen-bond donors (Lipinski definition) is 1. The Morgan fingerprint density at radius 3 is 2.90 bits per heavy atom. The van der Waals surface area contributed by atoms with Crippen LogP contribution in [0, 0.1) is 0 Å². The third-order valence-electron chi connectivity index (χ3n) is 3.67. The van der Waals surface area contributed by atoms with E-state index in [0.717, 1.165) is 32.6 Å². The monoisotopic (exact) mass is 350 g/mol. The Hall–Kier alpha value is -0.680. The fraction of sp³-hybridized carbons (Fsp3) is 0.375. The standard InChI is InChI=1S/C16H19BrN2S/c17-14-9-16(20-12-14)11-19-7-6-18-15(10-19)8-13-4-2-1-3-5-13/h1-5,9,12,15,18H,6-8,10-11H2. The van der Waals surface area contributed by atoms with E-state index in [2.05, 4.69) is 67.9 Å². The van der Waals surface area contributed by atoms with Crippen molar-refractivity contribution in [2.24, 2.45) is 0 Å². The van der Waals surface area contributed by atoms with Gasteiger partial charge >= 0.3 is 0 Å². The fourth-order valence-electron chi connectivity index (χ4n) is 2.73. The van der Waals surface area contributed by atoms with E-state index in [0.29, 0.717) is 6.04 Å². The molecular formula is C16H19BrN2S. The van der Waals surface area contributed by atoms with Gasteiger partial charge in [0.15, 0.2) is 0 Å². The van der Waals surface area contributed by atoms with Crippen LogP contribution in [0.15, 0.2) is 46.3 Å². The molecule has 1 aliphatic rings. The Bertz CT molecular complexity index is 540. The molecule has 0 aliphatic carbocycles. The number of rotatable bonds is 4. The predicted molar refractivity (Wildman–Crippen MR) is 89.2 cm³/mol. The Kier molecular flexibility index (Phi) is 4.89. The van der Waals surface area contributed by atoms with Gasteiger partial charge in [0.05, 0.1) is 0 Å². The van der Waals surface area contributed by atoms with E-state index in [-0.39, 0.29) is 0 Å². The van der Waals surface area contributed by atoms with Gasteiger partial charge in [-0.3, -0.25) is 4.90 Å². The summed E-state index contributed by atoms with van der Waals surface area (Å²) < 4.78 is 1.20. The highest BCUT2D eigenvalue weighted by atomic mass is 79.9. The van der Waals surface area contributed by atoms with Crippen LogP contribution in [0.4, 0.5) is 0 Å². The molecule has 0 radical (unpaired) electrons. The molecular weight excluding hydrogens is 332 g/mol. The van der Waals surface area contributed by atoms with Gasteiger partial charge in [-0.05, 0) is 34.0 Å². The van der Waals surface area contributed by atoms with Gasteiger partial charge in [0.2, 0.25) is 0 Å². The maximum atomic E-state index is 3.64. The topological polar surface area (TPSA) is 15.3 Å². The lowest BCUT2D eigenvalue weighted by atomic mass is 10.0. The molecule has 4 heteroatoms. The second-order valence-corrected chi connectivity index (χ2v) is 7.22. The first kappa shape index (κ1) is 14.3. The number of benzene rings is 1. The molecule has 106 valence electrons. The molecule has 0 amide bonds. The molecule has 0 spiro atoms. The molecule has 2 heterocycles. The van der Waals surface area contributed by atoms with Crippen LogP contribution in [0.3, 0.4) is 0 Å². The maximum Gasteiger partial charge on any atom is 0.0329 e. The SMILES string of the molecule is Brc1csc(CN2CCNC(Cc3ccccc3)C2)c1. The molecule has 1 aromatic heterocycles. The van der Waals surface area contributed by atoms with Crippen LogP contribution in [0.1, 0.15) is 10.4 Å². The minimum atomic E-state index is 0.564. The van der Waals surface area contributed by atoms with Crippen molar-refractivity contribution in [2.45, 2.75) is 19.0 Å². The van der Waals surface area contributed by atoms with Crippen LogP contribution in [0.25, 0.3) is 0 Å². The van der Waals surface area contributed by atoms with E-state index in [1.807, 2.05) is 11.3 Å². The molecule has 0 saturated carbocycles. The van der Waals surface area contributed by atoms with Crippen LogP contribution in [-0.2, 0) is 13.0 Å². The van der Waals surface area contributed by atoms with Crippen LogP contribution in [0.2, 0.25) is 0 Å². The van der Waals surface area contributed by atoms with Crippen molar-refractivity contribution in [3.8, 4) is 0 Å². The molecule has 1 fully saturated rings. The molecule has 1 atom stereocenters. The highest BCUT2D eigenvalue weighted by Gasteiger charge is 2.19. The molecule has 0 bridgehead atoms. The molecule has 1 unspecified atom stereocenters. The molecule has 1 aromatic carbocycles. The minimum absolute atomic E-state index is 0.564. The van der Waals surface area contributed by atoms with Gasteiger partial charge in [-0.1, -0.05) is 30.3 Å². The average molecular weight is 351 g/mol. The molecule has 2 aromatic rings. The lowest BCUT2D eigenvalue weighted by molar-refractivity contribution is 0.193. The zero-order valence-electron chi connectivity index (χ0n) is 11.4. The molecule has 1 saturated heterocycles. The summed E-state index contributed by atoms with van der Waals surface area (Å²) in [6, 6.07) is 13.6. The second-order valence-electron chi connectivity index (χ2n) is 5.31. The fourth-order valence-corrected chi connectivity index (χ4v) is 4.22. The Morgan fingerprint density at radius 1 is 1.30 bits per heavy atom. The van der Waals surface area contributed by atoms with Crippen LogP contribution < -0.4 is 5.32 Å². The number of hydrogen-bond acceptors (Lipinski definition) is 3. The summed E-state index contributed by atoms with van der Waals surface area (Å²) in [6.07, 6.45) is 1.12. The van der Waals surface area contributed by atoms with Crippen LogP contribution >= 0.6 is 27.3 Å². The maximum absolute atomic E-state index is 3.64. The van der Waals surface area contributed by atoms with Crippen molar-refractivity contribution in [1.82, 2.24) is 10.2 Å². The van der Waals surface area contributed by atoms with E-state index in [4.69, 9.17) is 0 Å². The zero-order valence-corrected chi connectivity index (χ0v) is 13.8. The Balaban J connectivity index is 1.56. The Labute approximate surface area is 132 Å². The highest BCUT2D eigenvalue weighted by Crippen LogP contribution is 2.21. The predicted octanol–water partition coefficient (Wildman–Crippen LogP) is 3.53.